The Hall–Kier alpha value is -0.530. The molecule has 3 atom stereocenters. The van der Waals surface area contributed by atoms with E-state index in [9.17, 15) is 4.79 Å². The van der Waals surface area contributed by atoms with Crippen LogP contribution in [0.4, 0.5) is 0 Å². The summed E-state index contributed by atoms with van der Waals surface area (Å²) in [5.74, 6) is 3.06. The number of nitrogens with two attached hydrogens (primary N) is 1. The molecule has 1 amide bonds. The molecule has 3 unspecified atom stereocenters. The molecule has 0 bridgehead atoms. The van der Waals surface area contributed by atoms with Crippen LogP contribution in [-0.4, -0.2) is 42.4 Å². The van der Waals surface area contributed by atoms with Gasteiger partial charge in [-0.15, -0.1) is 24.0 Å². The van der Waals surface area contributed by atoms with Crippen molar-refractivity contribution in [2.24, 2.45) is 28.5 Å². The second kappa shape index (κ2) is 9.97. The molecule has 1 aliphatic heterocycles. The number of rotatable bonds is 5. The Bertz CT molecular complexity index is 464. The lowest BCUT2D eigenvalue weighted by Gasteiger charge is -2.35. The average Bonchev–Trinajstić information content (AvgIpc) is 3.34. The highest BCUT2D eigenvalue weighted by Gasteiger charge is 2.44. The highest BCUT2D eigenvalue weighted by Crippen LogP contribution is 2.44. The fourth-order valence-corrected chi connectivity index (χ4v) is 4.73. The topological polar surface area (TPSA) is 70.7 Å². The van der Waals surface area contributed by atoms with Gasteiger partial charge in [-0.1, -0.05) is 32.1 Å². The van der Waals surface area contributed by atoms with Crippen molar-refractivity contribution in [2.45, 2.75) is 70.8 Å². The molecule has 0 aromatic heterocycles. The minimum atomic E-state index is -0.177. The number of hydrogen-bond donors (Lipinski definition) is 2. The molecule has 144 valence electrons. The van der Waals surface area contributed by atoms with Crippen LogP contribution in [0, 0.1) is 17.8 Å². The summed E-state index contributed by atoms with van der Waals surface area (Å²) in [5, 5.41) is 3.74. The highest BCUT2D eigenvalue weighted by atomic mass is 127. The number of guanidine groups is 1. The fourth-order valence-electron chi connectivity index (χ4n) is 4.73. The van der Waals surface area contributed by atoms with E-state index in [1.807, 2.05) is 0 Å². The first-order chi connectivity index (χ1) is 11.7. The summed E-state index contributed by atoms with van der Waals surface area (Å²) < 4.78 is 0. The number of piperidine rings is 1. The molecule has 3 rings (SSSR count). The van der Waals surface area contributed by atoms with E-state index in [1.54, 1.807) is 0 Å². The minimum Gasteiger partial charge on any atom is -0.370 e. The first-order valence-corrected chi connectivity index (χ1v) is 10.0. The van der Waals surface area contributed by atoms with Crippen molar-refractivity contribution in [2.75, 3.05) is 19.6 Å². The van der Waals surface area contributed by atoms with Crippen LogP contribution < -0.4 is 11.1 Å². The van der Waals surface area contributed by atoms with Crippen molar-refractivity contribution in [1.82, 2.24) is 10.2 Å². The predicted molar refractivity (Wildman–Crippen MR) is 113 cm³/mol. The van der Waals surface area contributed by atoms with E-state index < -0.39 is 0 Å². The number of likely N-dealkylation sites (tertiary alicyclic amines) is 1. The minimum absolute atomic E-state index is 0. The maximum atomic E-state index is 11.2. The molecule has 3 aliphatic rings. The van der Waals surface area contributed by atoms with Crippen LogP contribution in [-0.2, 0) is 4.79 Å². The van der Waals surface area contributed by atoms with Gasteiger partial charge in [0.25, 0.3) is 0 Å². The Kier molecular flexibility index (Phi) is 8.29. The summed E-state index contributed by atoms with van der Waals surface area (Å²) >= 11 is 0. The smallest absolute Gasteiger partial charge is 0.217 e. The van der Waals surface area contributed by atoms with E-state index in [0.717, 1.165) is 50.3 Å². The zero-order chi connectivity index (χ0) is 16.9. The number of halogens is 1. The average molecular weight is 462 g/mol. The van der Waals surface area contributed by atoms with Gasteiger partial charge >= 0.3 is 0 Å². The summed E-state index contributed by atoms with van der Waals surface area (Å²) in [6, 6.07) is 0.620. The molecule has 0 spiro atoms. The van der Waals surface area contributed by atoms with Gasteiger partial charge in [0.2, 0.25) is 5.91 Å². The van der Waals surface area contributed by atoms with Gasteiger partial charge in [0.15, 0.2) is 5.96 Å². The van der Waals surface area contributed by atoms with Crippen molar-refractivity contribution in [1.29, 1.82) is 0 Å². The van der Waals surface area contributed by atoms with Crippen LogP contribution in [0.2, 0.25) is 0 Å². The molecule has 6 heteroatoms. The van der Waals surface area contributed by atoms with Gasteiger partial charge in [0.1, 0.15) is 0 Å². The summed E-state index contributed by atoms with van der Waals surface area (Å²) in [5.41, 5.74) is 5.39. The number of aliphatic imine (C=N–C) groups is 1. The van der Waals surface area contributed by atoms with E-state index in [1.165, 1.54) is 38.5 Å². The molecule has 0 aromatic carbocycles. The van der Waals surface area contributed by atoms with Crippen LogP contribution in [0.15, 0.2) is 4.99 Å². The number of carbonyl (C=O) groups is 1. The standard InChI is InChI=1S/C19H34N4O.HI/c1-2-21-19(23-10-6-7-14(13-23)11-18(20)24)22-17-12-16(17)15-8-4-3-5-9-15;/h14-17H,2-13H2,1H3,(H2,20,24)(H,21,22);1H. The van der Waals surface area contributed by atoms with Crippen LogP contribution >= 0.6 is 24.0 Å². The monoisotopic (exact) mass is 462 g/mol. The van der Waals surface area contributed by atoms with Gasteiger partial charge in [-0.3, -0.25) is 9.79 Å². The molecule has 0 radical (unpaired) electrons. The molecule has 2 saturated carbocycles. The Labute approximate surface area is 169 Å². The van der Waals surface area contributed by atoms with E-state index in [4.69, 9.17) is 10.7 Å². The van der Waals surface area contributed by atoms with Gasteiger partial charge in [-0.2, -0.15) is 0 Å². The number of nitrogens with zero attached hydrogens (tertiary/aromatic N) is 2. The quantitative estimate of drug-likeness (QED) is 0.375. The number of amides is 1. The van der Waals surface area contributed by atoms with Gasteiger partial charge in [-0.05, 0) is 43.9 Å². The number of hydrogen-bond acceptors (Lipinski definition) is 2. The van der Waals surface area contributed by atoms with Crippen molar-refractivity contribution >= 4 is 35.8 Å². The van der Waals surface area contributed by atoms with Crippen molar-refractivity contribution in [3.05, 3.63) is 0 Å². The lowest BCUT2D eigenvalue weighted by Crippen LogP contribution is -2.48. The predicted octanol–water partition coefficient (Wildman–Crippen LogP) is 3.13. The van der Waals surface area contributed by atoms with Crippen LogP contribution in [0.3, 0.4) is 0 Å². The van der Waals surface area contributed by atoms with E-state index in [2.05, 4.69) is 17.1 Å². The lowest BCUT2D eigenvalue weighted by molar-refractivity contribution is -0.119. The molecule has 1 heterocycles. The zero-order valence-electron chi connectivity index (χ0n) is 15.6. The molecule has 1 saturated heterocycles. The Balaban J connectivity index is 0.00000225. The van der Waals surface area contributed by atoms with Crippen molar-refractivity contribution < 1.29 is 4.79 Å². The summed E-state index contributed by atoms with van der Waals surface area (Å²) in [6.45, 7) is 4.86. The Morgan fingerprint density at radius 3 is 2.64 bits per heavy atom. The molecule has 25 heavy (non-hydrogen) atoms. The Morgan fingerprint density at radius 1 is 1.20 bits per heavy atom. The van der Waals surface area contributed by atoms with Crippen molar-refractivity contribution in [3.8, 4) is 0 Å². The highest BCUT2D eigenvalue weighted by molar-refractivity contribution is 14.0. The third kappa shape index (κ3) is 6.00. The molecular weight excluding hydrogens is 427 g/mol. The van der Waals surface area contributed by atoms with Gasteiger partial charge in [-0.25, -0.2) is 0 Å². The third-order valence-corrected chi connectivity index (χ3v) is 6.03. The number of carbonyl (C=O) groups excluding carboxylic acids is 1. The summed E-state index contributed by atoms with van der Waals surface area (Å²) in [4.78, 5) is 18.3. The largest absolute Gasteiger partial charge is 0.370 e. The van der Waals surface area contributed by atoms with Crippen LogP contribution in [0.25, 0.3) is 0 Å². The maximum absolute atomic E-state index is 11.2. The zero-order valence-corrected chi connectivity index (χ0v) is 17.9. The lowest BCUT2D eigenvalue weighted by atomic mass is 9.85. The fraction of sp³-hybridized carbons (Fsp3) is 0.895. The van der Waals surface area contributed by atoms with Gasteiger partial charge in [0, 0.05) is 32.1 Å². The van der Waals surface area contributed by atoms with Gasteiger partial charge in [0.05, 0.1) is 0 Å². The molecule has 5 nitrogen and oxygen atoms in total. The second-order valence-corrected chi connectivity index (χ2v) is 7.97. The molecule has 2 aliphatic carbocycles. The Morgan fingerprint density at radius 2 is 1.96 bits per heavy atom. The van der Waals surface area contributed by atoms with Crippen molar-refractivity contribution in [3.63, 3.8) is 0 Å². The summed E-state index contributed by atoms with van der Waals surface area (Å²) in [7, 11) is 0. The van der Waals surface area contributed by atoms with E-state index in [-0.39, 0.29) is 29.9 Å². The molecule has 3 N–H and O–H groups in total. The maximum Gasteiger partial charge on any atom is 0.217 e. The number of primary amides is 1. The van der Waals surface area contributed by atoms with Crippen LogP contribution in [0.5, 0.6) is 0 Å². The van der Waals surface area contributed by atoms with E-state index in [0.29, 0.717) is 18.4 Å². The molecule has 3 fully saturated rings. The molecular formula is C19H35IN4O. The first-order valence-electron chi connectivity index (χ1n) is 10.0. The normalized spacial score (nSPS) is 30.5. The van der Waals surface area contributed by atoms with Gasteiger partial charge < -0.3 is 16.0 Å². The first kappa shape index (κ1) is 20.8. The molecule has 0 aromatic rings. The summed E-state index contributed by atoms with van der Waals surface area (Å²) in [6.07, 6.45) is 11.2. The van der Waals surface area contributed by atoms with E-state index >= 15 is 0 Å². The third-order valence-electron chi connectivity index (χ3n) is 6.03. The second-order valence-electron chi connectivity index (χ2n) is 7.97. The SMILES string of the molecule is CCN=C(NC1CC1C1CCCCC1)N1CCCC(CC(N)=O)C1.I. The van der Waals surface area contributed by atoms with Crippen LogP contribution in [0.1, 0.15) is 64.7 Å². The number of nitrogens with one attached hydrogen (secondary N) is 1.